The van der Waals surface area contributed by atoms with Crippen LogP contribution in [0.1, 0.15) is 53.9 Å². The maximum absolute atomic E-state index is 12.3. The van der Waals surface area contributed by atoms with Crippen LogP contribution < -0.4 is 0 Å². The number of nitrogens with zero attached hydrogens (tertiary/aromatic N) is 1. The molecule has 1 saturated heterocycles. The van der Waals surface area contributed by atoms with Gasteiger partial charge in [-0.2, -0.15) is 0 Å². The Balaban J connectivity index is 2.57. The van der Waals surface area contributed by atoms with Gasteiger partial charge < -0.3 is 19.1 Å². The van der Waals surface area contributed by atoms with Crippen molar-refractivity contribution in [3.05, 3.63) is 0 Å². The summed E-state index contributed by atoms with van der Waals surface area (Å²) < 4.78 is 17.3. The maximum atomic E-state index is 12.3. The van der Waals surface area contributed by atoms with Gasteiger partial charge in [0.1, 0.15) is 5.60 Å². The molecule has 5 nitrogen and oxygen atoms in total. The first kappa shape index (κ1) is 20.7. The third-order valence-corrected chi connectivity index (χ3v) is 4.92. The Bertz CT molecular complexity index is 366. The zero-order valence-corrected chi connectivity index (χ0v) is 16.8. The predicted molar refractivity (Wildman–Crippen MR) is 95.2 cm³/mol. The molecule has 0 aromatic heterocycles. The average Bonchev–Trinajstić information content (AvgIpc) is 2.50. The Morgan fingerprint density at radius 2 is 2.00 bits per heavy atom. The largest absolute Gasteiger partial charge is 0.444 e. The van der Waals surface area contributed by atoms with Crippen LogP contribution in [0.2, 0.25) is 0 Å². The lowest BCUT2D eigenvalue weighted by molar-refractivity contribution is -0.0992. The Labute approximate surface area is 149 Å². The van der Waals surface area contributed by atoms with E-state index in [1.165, 1.54) is 6.42 Å². The van der Waals surface area contributed by atoms with Crippen molar-refractivity contribution in [2.45, 2.75) is 71.2 Å². The number of hydrogen-bond acceptors (Lipinski definition) is 4. The molecule has 0 bridgehead atoms. The second-order valence-electron chi connectivity index (χ2n) is 7.38. The van der Waals surface area contributed by atoms with Crippen molar-refractivity contribution >= 4 is 22.0 Å². The molecule has 1 rings (SSSR count). The van der Waals surface area contributed by atoms with Gasteiger partial charge in [-0.05, 0) is 53.9 Å². The molecule has 0 aliphatic carbocycles. The van der Waals surface area contributed by atoms with Crippen LogP contribution in [0.25, 0.3) is 0 Å². The van der Waals surface area contributed by atoms with E-state index in [2.05, 4.69) is 15.9 Å². The van der Waals surface area contributed by atoms with Gasteiger partial charge in [0.25, 0.3) is 0 Å². The van der Waals surface area contributed by atoms with Crippen molar-refractivity contribution in [3.63, 3.8) is 0 Å². The Hall–Kier alpha value is -0.330. The molecular weight excluding hydrogens is 362 g/mol. The monoisotopic (exact) mass is 393 g/mol. The molecule has 0 aromatic rings. The Morgan fingerprint density at radius 1 is 1.30 bits per heavy atom. The summed E-state index contributed by atoms with van der Waals surface area (Å²) in [6, 6.07) is 0. The summed E-state index contributed by atoms with van der Waals surface area (Å²) in [5.41, 5.74) is -0.959. The summed E-state index contributed by atoms with van der Waals surface area (Å²) >= 11 is 3.52. The molecule has 0 radical (unpaired) electrons. The van der Waals surface area contributed by atoms with Gasteiger partial charge in [-0.1, -0.05) is 15.9 Å². The normalized spacial score (nSPS) is 21.6. The fraction of sp³-hybridized carbons (Fsp3) is 0.941. The lowest BCUT2D eigenvalue weighted by Gasteiger charge is -2.36. The van der Waals surface area contributed by atoms with Gasteiger partial charge >= 0.3 is 6.09 Å². The van der Waals surface area contributed by atoms with Crippen LogP contribution in [0.4, 0.5) is 4.79 Å². The standard InChI is InChI=1S/C17H32BrNO4/c1-6-19(15(20)23-16(2,3)4)13-17(5,12-18)22-11-14-9-7-8-10-21-14/h14H,6-13H2,1-5H3. The van der Waals surface area contributed by atoms with Gasteiger partial charge in [0.05, 0.1) is 24.9 Å². The maximum Gasteiger partial charge on any atom is 0.410 e. The Kier molecular flexibility index (Phi) is 8.31. The minimum Gasteiger partial charge on any atom is -0.444 e. The Morgan fingerprint density at radius 3 is 2.48 bits per heavy atom. The number of hydrogen-bond donors (Lipinski definition) is 0. The predicted octanol–water partition coefficient (Wildman–Crippen LogP) is 3.98. The van der Waals surface area contributed by atoms with Crippen molar-refractivity contribution in [2.75, 3.05) is 31.6 Å². The topological polar surface area (TPSA) is 48.0 Å². The molecule has 2 atom stereocenters. The highest BCUT2D eigenvalue weighted by Gasteiger charge is 2.32. The molecule has 2 unspecified atom stereocenters. The molecule has 1 aliphatic heterocycles. The number of likely N-dealkylation sites (N-methyl/N-ethyl adjacent to an activating group) is 1. The number of rotatable bonds is 7. The fourth-order valence-electron chi connectivity index (χ4n) is 2.40. The molecule has 0 saturated carbocycles. The lowest BCUT2D eigenvalue weighted by Crippen LogP contribution is -2.49. The van der Waals surface area contributed by atoms with Crippen LogP contribution in [0, 0.1) is 0 Å². The first-order valence-corrected chi connectivity index (χ1v) is 9.61. The third-order valence-electron chi connectivity index (χ3n) is 3.73. The highest BCUT2D eigenvalue weighted by molar-refractivity contribution is 9.09. The summed E-state index contributed by atoms with van der Waals surface area (Å²) in [5.74, 6) is 0. The zero-order chi connectivity index (χ0) is 17.5. The zero-order valence-electron chi connectivity index (χ0n) is 15.2. The number of amides is 1. The SMILES string of the molecule is CCN(CC(C)(CBr)OCC1CCCCO1)C(=O)OC(C)(C)C. The number of ether oxygens (including phenoxy) is 3. The summed E-state index contributed by atoms with van der Waals surface area (Å²) in [6.45, 7) is 12.0. The third kappa shape index (κ3) is 7.86. The molecule has 1 amide bonds. The number of alkyl halides is 1. The van der Waals surface area contributed by atoms with Gasteiger partial charge in [-0.15, -0.1) is 0 Å². The molecule has 0 aromatic carbocycles. The van der Waals surface area contributed by atoms with E-state index in [-0.39, 0.29) is 12.2 Å². The van der Waals surface area contributed by atoms with Crippen molar-refractivity contribution < 1.29 is 19.0 Å². The van der Waals surface area contributed by atoms with E-state index in [4.69, 9.17) is 14.2 Å². The van der Waals surface area contributed by atoms with Crippen LogP contribution >= 0.6 is 15.9 Å². The summed E-state index contributed by atoms with van der Waals surface area (Å²) in [5, 5.41) is 0.645. The van der Waals surface area contributed by atoms with Gasteiger partial charge in [0, 0.05) is 18.5 Å². The number of carbonyl (C=O) groups excluding carboxylic acids is 1. The summed E-state index contributed by atoms with van der Waals surface area (Å²) in [7, 11) is 0. The van der Waals surface area contributed by atoms with E-state index in [1.807, 2.05) is 34.6 Å². The lowest BCUT2D eigenvalue weighted by atomic mass is 10.1. The smallest absolute Gasteiger partial charge is 0.410 e. The summed E-state index contributed by atoms with van der Waals surface area (Å²) in [4.78, 5) is 14.0. The molecule has 23 heavy (non-hydrogen) atoms. The molecule has 6 heteroatoms. The molecule has 1 fully saturated rings. The molecular formula is C17H32BrNO4. The van der Waals surface area contributed by atoms with Crippen molar-refractivity contribution in [1.82, 2.24) is 4.90 Å². The van der Waals surface area contributed by atoms with E-state index >= 15 is 0 Å². The summed E-state index contributed by atoms with van der Waals surface area (Å²) in [6.07, 6.45) is 3.23. The van der Waals surface area contributed by atoms with Crippen LogP contribution in [0.5, 0.6) is 0 Å². The minimum absolute atomic E-state index is 0.165. The molecule has 136 valence electrons. The number of halogens is 1. The van der Waals surface area contributed by atoms with Crippen LogP contribution in [0.15, 0.2) is 0 Å². The van der Waals surface area contributed by atoms with Gasteiger partial charge in [0.15, 0.2) is 0 Å². The highest BCUT2D eigenvalue weighted by Crippen LogP contribution is 2.21. The van der Waals surface area contributed by atoms with E-state index in [1.54, 1.807) is 4.90 Å². The number of carbonyl (C=O) groups is 1. The quantitative estimate of drug-likeness (QED) is 0.613. The van der Waals surface area contributed by atoms with Crippen LogP contribution in [-0.2, 0) is 14.2 Å². The first-order valence-electron chi connectivity index (χ1n) is 8.48. The van der Waals surface area contributed by atoms with Gasteiger partial charge in [-0.3, -0.25) is 0 Å². The minimum atomic E-state index is -0.494. The second kappa shape index (κ2) is 9.23. The van der Waals surface area contributed by atoms with E-state index in [9.17, 15) is 4.79 Å². The van der Waals surface area contributed by atoms with Gasteiger partial charge in [-0.25, -0.2) is 4.79 Å². The van der Waals surface area contributed by atoms with Crippen LogP contribution in [-0.4, -0.2) is 59.9 Å². The van der Waals surface area contributed by atoms with Gasteiger partial charge in [0.2, 0.25) is 0 Å². The second-order valence-corrected chi connectivity index (χ2v) is 7.94. The van der Waals surface area contributed by atoms with E-state index < -0.39 is 11.2 Å². The molecule has 1 heterocycles. The molecule has 1 aliphatic rings. The van der Waals surface area contributed by atoms with Crippen LogP contribution in [0.3, 0.4) is 0 Å². The van der Waals surface area contributed by atoms with E-state index in [0.717, 1.165) is 19.4 Å². The van der Waals surface area contributed by atoms with Crippen molar-refractivity contribution in [2.24, 2.45) is 0 Å². The highest BCUT2D eigenvalue weighted by atomic mass is 79.9. The fourth-order valence-corrected chi connectivity index (χ4v) is 2.73. The van der Waals surface area contributed by atoms with E-state index in [0.29, 0.717) is 25.0 Å². The first-order chi connectivity index (χ1) is 10.7. The molecule has 0 spiro atoms. The average molecular weight is 394 g/mol. The van der Waals surface area contributed by atoms with Crippen molar-refractivity contribution in [3.8, 4) is 0 Å². The molecule has 0 N–H and O–H groups in total. The van der Waals surface area contributed by atoms with Crippen molar-refractivity contribution in [1.29, 1.82) is 0 Å².